The number of nitrogens with zero attached hydrogens (tertiary/aromatic N) is 2. The summed E-state index contributed by atoms with van der Waals surface area (Å²) in [5, 5.41) is 12.1. The van der Waals surface area contributed by atoms with E-state index < -0.39 is 0 Å². The summed E-state index contributed by atoms with van der Waals surface area (Å²) in [7, 11) is 1.73. The van der Waals surface area contributed by atoms with Gasteiger partial charge in [0, 0.05) is 33.2 Å². The molecule has 1 aliphatic rings. The van der Waals surface area contributed by atoms with Gasteiger partial charge in [-0.15, -0.1) is 0 Å². The third-order valence-electron chi connectivity index (χ3n) is 3.07. The summed E-state index contributed by atoms with van der Waals surface area (Å²) in [6.45, 7) is 5.94. The van der Waals surface area contributed by atoms with Crippen molar-refractivity contribution < 1.29 is 4.74 Å². The van der Waals surface area contributed by atoms with Crippen LogP contribution in [-0.4, -0.2) is 51.3 Å². The molecule has 0 bridgehead atoms. The molecule has 1 heterocycles. The molecular formula is C12H23N3O. The quantitative estimate of drug-likeness (QED) is 0.698. The van der Waals surface area contributed by atoms with Crippen LogP contribution in [0, 0.1) is 17.2 Å². The van der Waals surface area contributed by atoms with Crippen molar-refractivity contribution in [2.75, 3.05) is 46.4 Å². The number of ether oxygens (including phenoxy) is 1. The Kier molecular flexibility index (Phi) is 7.15. The van der Waals surface area contributed by atoms with Crippen molar-refractivity contribution in [3.63, 3.8) is 0 Å². The first kappa shape index (κ1) is 13.4. The molecule has 1 fully saturated rings. The summed E-state index contributed by atoms with van der Waals surface area (Å²) in [6, 6.07) is 2.21. The first-order valence-corrected chi connectivity index (χ1v) is 6.15. The maximum atomic E-state index is 8.63. The molecule has 0 aliphatic carbocycles. The van der Waals surface area contributed by atoms with Crippen LogP contribution >= 0.6 is 0 Å². The molecule has 0 aromatic rings. The van der Waals surface area contributed by atoms with Gasteiger partial charge in [-0.2, -0.15) is 5.26 Å². The number of rotatable bonds is 7. The maximum Gasteiger partial charge on any atom is 0.0635 e. The molecule has 1 aliphatic heterocycles. The van der Waals surface area contributed by atoms with E-state index in [9.17, 15) is 0 Å². The highest BCUT2D eigenvalue weighted by Crippen LogP contribution is 2.11. The lowest BCUT2D eigenvalue weighted by molar-refractivity contribution is 0.133. The van der Waals surface area contributed by atoms with Gasteiger partial charge in [0.1, 0.15) is 0 Å². The van der Waals surface area contributed by atoms with Crippen LogP contribution in [0.1, 0.15) is 19.3 Å². The van der Waals surface area contributed by atoms with Crippen molar-refractivity contribution in [3.05, 3.63) is 0 Å². The van der Waals surface area contributed by atoms with E-state index in [1.54, 1.807) is 7.11 Å². The molecule has 1 N–H and O–H groups in total. The minimum absolute atomic E-state index is 0.615. The summed E-state index contributed by atoms with van der Waals surface area (Å²) in [5.74, 6) is 0.740. The van der Waals surface area contributed by atoms with Gasteiger partial charge in [0.2, 0.25) is 0 Å². The number of piperidine rings is 1. The van der Waals surface area contributed by atoms with Gasteiger partial charge in [0.25, 0.3) is 0 Å². The van der Waals surface area contributed by atoms with Crippen LogP contribution in [-0.2, 0) is 4.74 Å². The third-order valence-corrected chi connectivity index (χ3v) is 3.07. The molecule has 1 saturated heterocycles. The van der Waals surface area contributed by atoms with E-state index in [0.717, 1.165) is 45.2 Å². The fourth-order valence-electron chi connectivity index (χ4n) is 2.17. The van der Waals surface area contributed by atoms with E-state index in [4.69, 9.17) is 10.00 Å². The van der Waals surface area contributed by atoms with Gasteiger partial charge in [-0.05, 0) is 31.8 Å². The van der Waals surface area contributed by atoms with Crippen molar-refractivity contribution in [1.82, 2.24) is 10.2 Å². The van der Waals surface area contributed by atoms with Crippen molar-refractivity contribution in [3.8, 4) is 6.07 Å². The van der Waals surface area contributed by atoms with Crippen LogP contribution in [0.3, 0.4) is 0 Å². The van der Waals surface area contributed by atoms with Crippen LogP contribution in [0.15, 0.2) is 0 Å². The number of nitriles is 1. The normalized spacial score (nSPS) is 20.9. The molecular weight excluding hydrogens is 202 g/mol. The number of hydrogen-bond acceptors (Lipinski definition) is 4. The summed E-state index contributed by atoms with van der Waals surface area (Å²) in [6.07, 6.45) is 3.20. The zero-order valence-electron chi connectivity index (χ0n) is 10.2. The van der Waals surface area contributed by atoms with Gasteiger partial charge in [-0.3, -0.25) is 4.90 Å². The number of nitrogens with one attached hydrogen (secondary N) is 1. The van der Waals surface area contributed by atoms with E-state index in [1.807, 2.05) is 0 Å². The molecule has 16 heavy (non-hydrogen) atoms. The topological polar surface area (TPSA) is 48.3 Å². The van der Waals surface area contributed by atoms with Crippen molar-refractivity contribution in [2.24, 2.45) is 5.92 Å². The third kappa shape index (κ3) is 5.45. The van der Waals surface area contributed by atoms with E-state index in [-0.39, 0.29) is 0 Å². The average molecular weight is 225 g/mol. The molecule has 1 rings (SSSR count). The predicted octanol–water partition coefficient (Wildman–Crippen LogP) is 0.848. The van der Waals surface area contributed by atoms with Crippen LogP contribution in [0.5, 0.6) is 0 Å². The summed E-state index contributed by atoms with van der Waals surface area (Å²) >= 11 is 0. The highest BCUT2D eigenvalue weighted by molar-refractivity contribution is 4.76. The zero-order valence-corrected chi connectivity index (χ0v) is 10.2. The van der Waals surface area contributed by atoms with Gasteiger partial charge >= 0.3 is 0 Å². The molecule has 0 spiro atoms. The van der Waals surface area contributed by atoms with Crippen LogP contribution in [0.4, 0.5) is 0 Å². The maximum absolute atomic E-state index is 8.63. The molecule has 0 radical (unpaired) electrons. The molecule has 0 amide bonds. The van der Waals surface area contributed by atoms with E-state index in [0.29, 0.717) is 6.42 Å². The standard InChI is InChI=1S/C12H23N3O/c1-16-9-8-15(7-3-5-13)11-12-4-2-6-14-10-12/h12,14H,2-4,6-11H2,1H3. The summed E-state index contributed by atoms with van der Waals surface area (Å²) < 4.78 is 5.10. The smallest absolute Gasteiger partial charge is 0.0635 e. The molecule has 0 aromatic heterocycles. The zero-order chi connectivity index (χ0) is 11.6. The Balaban J connectivity index is 2.26. The Hall–Kier alpha value is -0.630. The van der Waals surface area contributed by atoms with Gasteiger partial charge < -0.3 is 10.1 Å². The summed E-state index contributed by atoms with van der Waals surface area (Å²) in [5.41, 5.74) is 0. The van der Waals surface area contributed by atoms with Gasteiger partial charge in [0.05, 0.1) is 12.7 Å². The Morgan fingerprint density at radius 1 is 1.50 bits per heavy atom. The highest BCUT2D eigenvalue weighted by atomic mass is 16.5. The van der Waals surface area contributed by atoms with E-state index in [2.05, 4.69) is 16.3 Å². The number of methoxy groups -OCH3 is 1. The molecule has 1 atom stereocenters. The van der Waals surface area contributed by atoms with E-state index in [1.165, 1.54) is 12.8 Å². The number of hydrogen-bond donors (Lipinski definition) is 1. The molecule has 0 aromatic carbocycles. The molecule has 92 valence electrons. The van der Waals surface area contributed by atoms with E-state index >= 15 is 0 Å². The van der Waals surface area contributed by atoms with Gasteiger partial charge in [0.15, 0.2) is 0 Å². The van der Waals surface area contributed by atoms with Crippen LogP contribution in [0.2, 0.25) is 0 Å². The Bertz CT molecular complexity index is 209. The fraction of sp³-hybridized carbons (Fsp3) is 0.917. The SMILES string of the molecule is COCCN(CCC#N)CC1CCCNC1. The lowest BCUT2D eigenvalue weighted by Crippen LogP contribution is -2.39. The van der Waals surface area contributed by atoms with Crippen molar-refractivity contribution >= 4 is 0 Å². The second-order valence-corrected chi connectivity index (χ2v) is 4.41. The van der Waals surface area contributed by atoms with Crippen LogP contribution in [0.25, 0.3) is 0 Å². The monoisotopic (exact) mass is 225 g/mol. The molecule has 1 unspecified atom stereocenters. The Morgan fingerprint density at radius 2 is 2.38 bits per heavy atom. The Morgan fingerprint density at radius 3 is 3.00 bits per heavy atom. The molecule has 0 saturated carbocycles. The predicted molar refractivity (Wildman–Crippen MR) is 64.1 cm³/mol. The van der Waals surface area contributed by atoms with Gasteiger partial charge in [-0.25, -0.2) is 0 Å². The first-order chi connectivity index (χ1) is 7.86. The Labute approximate surface area is 98.6 Å². The van der Waals surface area contributed by atoms with Crippen molar-refractivity contribution in [1.29, 1.82) is 5.26 Å². The minimum atomic E-state index is 0.615. The molecule has 4 nitrogen and oxygen atoms in total. The van der Waals surface area contributed by atoms with Crippen molar-refractivity contribution in [2.45, 2.75) is 19.3 Å². The first-order valence-electron chi connectivity index (χ1n) is 6.15. The van der Waals surface area contributed by atoms with Crippen LogP contribution < -0.4 is 5.32 Å². The lowest BCUT2D eigenvalue weighted by atomic mass is 9.99. The fourth-order valence-corrected chi connectivity index (χ4v) is 2.17. The largest absolute Gasteiger partial charge is 0.383 e. The lowest BCUT2D eigenvalue weighted by Gasteiger charge is -2.29. The highest BCUT2D eigenvalue weighted by Gasteiger charge is 2.16. The second-order valence-electron chi connectivity index (χ2n) is 4.41. The van der Waals surface area contributed by atoms with Gasteiger partial charge in [-0.1, -0.05) is 0 Å². The molecule has 4 heteroatoms. The summed E-state index contributed by atoms with van der Waals surface area (Å²) in [4.78, 5) is 2.35. The average Bonchev–Trinajstić information content (AvgIpc) is 2.34. The minimum Gasteiger partial charge on any atom is -0.383 e. The second kappa shape index (κ2) is 8.51.